The standard InChI is InChI=1S/C26H25BrN2O4/c1-15-13-17(27)10-11-20(15)28-25(30)23-18-7-5-6-8-19(18)26(31)29(2)24(23)16-9-12-21(32-3)22(14-16)33-4/h5-14,23-24H,1-4H3,(H,28,30)/t23-,24+/m1/s1. The maximum absolute atomic E-state index is 13.8. The van der Waals surface area contributed by atoms with Crippen LogP contribution in [0.1, 0.15) is 39.0 Å². The summed E-state index contributed by atoms with van der Waals surface area (Å²) in [4.78, 5) is 28.6. The second kappa shape index (κ2) is 9.27. The molecule has 4 rings (SSSR count). The van der Waals surface area contributed by atoms with E-state index < -0.39 is 12.0 Å². The van der Waals surface area contributed by atoms with E-state index in [0.29, 0.717) is 22.6 Å². The van der Waals surface area contributed by atoms with Gasteiger partial charge in [-0.15, -0.1) is 0 Å². The predicted octanol–water partition coefficient (Wildman–Crippen LogP) is 5.32. The van der Waals surface area contributed by atoms with Crippen LogP contribution in [-0.2, 0) is 4.79 Å². The normalized spacial score (nSPS) is 17.4. The van der Waals surface area contributed by atoms with Gasteiger partial charge in [0.2, 0.25) is 5.91 Å². The first-order valence-corrected chi connectivity index (χ1v) is 11.3. The molecule has 33 heavy (non-hydrogen) atoms. The zero-order valence-corrected chi connectivity index (χ0v) is 20.5. The summed E-state index contributed by atoms with van der Waals surface area (Å²) in [6.07, 6.45) is 0. The summed E-state index contributed by atoms with van der Waals surface area (Å²) in [6.45, 7) is 1.94. The number of anilines is 1. The number of carbonyl (C=O) groups excluding carboxylic acids is 2. The highest BCUT2D eigenvalue weighted by molar-refractivity contribution is 9.10. The van der Waals surface area contributed by atoms with Gasteiger partial charge in [0, 0.05) is 22.8 Å². The van der Waals surface area contributed by atoms with Gasteiger partial charge >= 0.3 is 0 Å². The summed E-state index contributed by atoms with van der Waals surface area (Å²) in [5.41, 5.74) is 3.68. The molecule has 1 heterocycles. The summed E-state index contributed by atoms with van der Waals surface area (Å²) in [6, 6.07) is 18.0. The van der Waals surface area contributed by atoms with Gasteiger partial charge in [0.15, 0.2) is 11.5 Å². The number of ether oxygens (including phenoxy) is 2. The van der Waals surface area contributed by atoms with Crippen molar-refractivity contribution in [1.82, 2.24) is 4.90 Å². The number of rotatable bonds is 5. The molecule has 1 aliphatic heterocycles. The maximum Gasteiger partial charge on any atom is 0.254 e. The number of benzene rings is 3. The zero-order chi connectivity index (χ0) is 23.7. The van der Waals surface area contributed by atoms with E-state index in [9.17, 15) is 9.59 Å². The van der Waals surface area contributed by atoms with Gasteiger partial charge in [-0.25, -0.2) is 0 Å². The van der Waals surface area contributed by atoms with Gasteiger partial charge in [-0.05, 0) is 60.0 Å². The Morgan fingerprint density at radius 1 is 1.00 bits per heavy atom. The number of aryl methyl sites for hydroxylation is 1. The van der Waals surface area contributed by atoms with E-state index in [-0.39, 0.29) is 11.8 Å². The Labute approximate surface area is 201 Å². The van der Waals surface area contributed by atoms with Gasteiger partial charge in [-0.1, -0.05) is 40.2 Å². The zero-order valence-electron chi connectivity index (χ0n) is 18.9. The minimum absolute atomic E-state index is 0.130. The minimum atomic E-state index is -0.620. The fourth-order valence-corrected chi connectivity index (χ4v) is 4.86. The Hall–Kier alpha value is -3.32. The van der Waals surface area contributed by atoms with Crippen LogP contribution in [0.3, 0.4) is 0 Å². The van der Waals surface area contributed by atoms with Crippen molar-refractivity contribution in [3.05, 3.63) is 87.4 Å². The van der Waals surface area contributed by atoms with Crippen molar-refractivity contribution in [1.29, 1.82) is 0 Å². The van der Waals surface area contributed by atoms with Gasteiger partial charge in [0.05, 0.1) is 26.2 Å². The van der Waals surface area contributed by atoms with Crippen molar-refractivity contribution in [2.24, 2.45) is 0 Å². The summed E-state index contributed by atoms with van der Waals surface area (Å²) in [5, 5.41) is 3.08. The van der Waals surface area contributed by atoms with Gasteiger partial charge in [-0.2, -0.15) is 0 Å². The number of methoxy groups -OCH3 is 2. The number of likely N-dealkylation sites (N-methyl/N-ethyl adjacent to an activating group) is 1. The topological polar surface area (TPSA) is 67.9 Å². The van der Waals surface area contributed by atoms with Crippen molar-refractivity contribution < 1.29 is 19.1 Å². The summed E-state index contributed by atoms with van der Waals surface area (Å²) < 4.78 is 11.8. The third-order valence-corrected chi connectivity index (χ3v) is 6.55. The average Bonchev–Trinajstić information content (AvgIpc) is 2.82. The first kappa shape index (κ1) is 22.9. The largest absolute Gasteiger partial charge is 0.493 e. The highest BCUT2D eigenvalue weighted by atomic mass is 79.9. The van der Waals surface area contributed by atoms with Crippen molar-refractivity contribution in [2.45, 2.75) is 18.9 Å². The van der Waals surface area contributed by atoms with Crippen molar-refractivity contribution >= 4 is 33.4 Å². The highest BCUT2D eigenvalue weighted by Gasteiger charge is 2.43. The first-order valence-electron chi connectivity index (χ1n) is 10.5. The smallest absolute Gasteiger partial charge is 0.254 e. The fraction of sp³-hybridized carbons (Fsp3) is 0.231. The Morgan fingerprint density at radius 3 is 2.42 bits per heavy atom. The van der Waals surface area contributed by atoms with Gasteiger partial charge in [0.25, 0.3) is 5.91 Å². The van der Waals surface area contributed by atoms with E-state index in [2.05, 4.69) is 21.2 Å². The number of hydrogen-bond acceptors (Lipinski definition) is 4. The third kappa shape index (κ3) is 4.20. The molecule has 0 spiro atoms. The van der Waals surface area contributed by atoms with Crippen molar-refractivity contribution in [3.63, 3.8) is 0 Å². The monoisotopic (exact) mass is 508 g/mol. The van der Waals surface area contributed by atoms with Crippen LogP contribution in [0.25, 0.3) is 0 Å². The lowest BCUT2D eigenvalue weighted by Crippen LogP contribution is -2.44. The van der Waals surface area contributed by atoms with E-state index in [0.717, 1.165) is 21.3 Å². The third-order valence-electron chi connectivity index (χ3n) is 6.06. The molecule has 6 nitrogen and oxygen atoms in total. The molecule has 0 saturated carbocycles. The minimum Gasteiger partial charge on any atom is -0.493 e. The Balaban J connectivity index is 1.83. The first-order chi connectivity index (χ1) is 15.8. The van der Waals surface area contributed by atoms with E-state index in [1.54, 1.807) is 38.3 Å². The summed E-state index contributed by atoms with van der Waals surface area (Å²) in [7, 11) is 4.86. The van der Waals surface area contributed by atoms with Crippen LogP contribution in [0.4, 0.5) is 5.69 Å². The maximum atomic E-state index is 13.8. The highest BCUT2D eigenvalue weighted by Crippen LogP contribution is 2.44. The summed E-state index contributed by atoms with van der Waals surface area (Å²) in [5.74, 6) is 0.182. The molecule has 0 saturated heterocycles. The molecule has 0 aromatic heterocycles. The second-order valence-electron chi connectivity index (χ2n) is 7.99. The SMILES string of the molecule is COc1ccc([C@H]2[C@H](C(=O)Nc3ccc(Br)cc3C)c3ccccc3C(=O)N2C)cc1OC. The molecule has 2 amide bonds. The molecule has 0 aliphatic carbocycles. The molecule has 3 aromatic carbocycles. The molecule has 0 unspecified atom stereocenters. The van der Waals surface area contributed by atoms with Crippen LogP contribution in [0.15, 0.2) is 65.1 Å². The Kier molecular flexibility index (Phi) is 6.42. The van der Waals surface area contributed by atoms with Crippen LogP contribution in [0.2, 0.25) is 0 Å². The fourth-order valence-electron chi connectivity index (χ4n) is 4.39. The van der Waals surface area contributed by atoms with Crippen LogP contribution in [0.5, 0.6) is 11.5 Å². The lowest BCUT2D eigenvalue weighted by molar-refractivity contribution is -0.119. The molecular formula is C26H25BrN2O4. The molecule has 1 aliphatic rings. The lowest BCUT2D eigenvalue weighted by atomic mass is 9.79. The number of hydrogen-bond donors (Lipinski definition) is 1. The number of amides is 2. The number of nitrogens with one attached hydrogen (secondary N) is 1. The molecule has 0 radical (unpaired) electrons. The van der Waals surface area contributed by atoms with Crippen LogP contribution >= 0.6 is 15.9 Å². The van der Waals surface area contributed by atoms with Crippen molar-refractivity contribution in [2.75, 3.05) is 26.6 Å². The van der Waals surface area contributed by atoms with Crippen LogP contribution in [-0.4, -0.2) is 38.0 Å². The van der Waals surface area contributed by atoms with Gasteiger partial charge < -0.3 is 19.7 Å². The Bertz CT molecular complexity index is 1230. The van der Waals surface area contributed by atoms with Crippen LogP contribution < -0.4 is 14.8 Å². The van der Waals surface area contributed by atoms with Gasteiger partial charge in [0.1, 0.15) is 0 Å². The Morgan fingerprint density at radius 2 is 1.73 bits per heavy atom. The molecule has 170 valence electrons. The molecule has 3 aromatic rings. The average molecular weight is 509 g/mol. The number of nitrogens with zero attached hydrogens (tertiary/aromatic N) is 1. The van der Waals surface area contributed by atoms with E-state index in [1.165, 1.54) is 0 Å². The molecule has 0 fully saturated rings. The molecular weight excluding hydrogens is 484 g/mol. The summed E-state index contributed by atoms with van der Waals surface area (Å²) >= 11 is 3.46. The molecule has 0 bridgehead atoms. The van der Waals surface area contributed by atoms with E-state index in [4.69, 9.17) is 9.47 Å². The lowest BCUT2D eigenvalue weighted by Gasteiger charge is -2.40. The molecule has 1 N–H and O–H groups in total. The van der Waals surface area contributed by atoms with E-state index in [1.807, 2.05) is 55.5 Å². The molecule has 2 atom stereocenters. The van der Waals surface area contributed by atoms with E-state index >= 15 is 0 Å². The number of carbonyl (C=O) groups is 2. The molecule has 7 heteroatoms. The van der Waals surface area contributed by atoms with Crippen LogP contribution in [0, 0.1) is 6.92 Å². The second-order valence-corrected chi connectivity index (χ2v) is 8.90. The quantitative estimate of drug-likeness (QED) is 0.506. The number of halogens is 1. The predicted molar refractivity (Wildman–Crippen MR) is 131 cm³/mol. The van der Waals surface area contributed by atoms with Gasteiger partial charge in [-0.3, -0.25) is 9.59 Å². The van der Waals surface area contributed by atoms with Crippen molar-refractivity contribution in [3.8, 4) is 11.5 Å². The number of fused-ring (bicyclic) bond motifs is 1.